The Hall–Kier alpha value is -0.990. The highest BCUT2D eigenvalue weighted by molar-refractivity contribution is 5.39. The molecule has 1 heterocycles. The van der Waals surface area contributed by atoms with Crippen LogP contribution in [-0.4, -0.2) is 9.55 Å². The second kappa shape index (κ2) is 5.56. The number of nitrogens with zero attached hydrogens (tertiary/aromatic N) is 2. The van der Waals surface area contributed by atoms with E-state index in [-0.39, 0.29) is 5.41 Å². The highest BCUT2D eigenvalue weighted by Crippen LogP contribution is 2.25. The van der Waals surface area contributed by atoms with Gasteiger partial charge < -0.3 is 10.3 Å². The van der Waals surface area contributed by atoms with Crippen LogP contribution in [-0.2, 0) is 18.9 Å². The van der Waals surface area contributed by atoms with Crippen molar-refractivity contribution in [3.05, 3.63) is 11.5 Å². The van der Waals surface area contributed by atoms with Gasteiger partial charge in [-0.1, -0.05) is 47.0 Å². The van der Waals surface area contributed by atoms with E-state index in [2.05, 4.69) is 27.7 Å². The second-order valence-electron chi connectivity index (χ2n) is 5.89. The maximum atomic E-state index is 6.12. The molecular formula is C14H27N3. The summed E-state index contributed by atoms with van der Waals surface area (Å²) in [6.45, 7) is 8.76. The zero-order chi connectivity index (χ0) is 13.1. The molecule has 0 bridgehead atoms. The van der Waals surface area contributed by atoms with Gasteiger partial charge in [-0.2, -0.15) is 0 Å². The Labute approximate surface area is 105 Å². The molecule has 3 heteroatoms. The number of imidazole rings is 1. The highest BCUT2D eigenvalue weighted by atomic mass is 15.1. The molecule has 0 saturated carbocycles. The number of hydrogen-bond donors (Lipinski definition) is 1. The first kappa shape index (κ1) is 14.1. The lowest BCUT2D eigenvalue weighted by atomic mass is 9.96. The van der Waals surface area contributed by atoms with Crippen molar-refractivity contribution < 1.29 is 0 Å². The molecule has 2 N–H and O–H groups in total. The highest BCUT2D eigenvalue weighted by Gasteiger charge is 2.22. The monoisotopic (exact) mass is 237 g/mol. The van der Waals surface area contributed by atoms with E-state index >= 15 is 0 Å². The van der Waals surface area contributed by atoms with Crippen molar-refractivity contribution in [1.29, 1.82) is 0 Å². The van der Waals surface area contributed by atoms with E-state index in [1.165, 1.54) is 25.7 Å². The van der Waals surface area contributed by atoms with Crippen LogP contribution >= 0.6 is 0 Å². The minimum atomic E-state index is 0.0601. The average molecular weight is 237 g/mol. The Bertz CT molecular complexity index is 358. The zero-order valence-electron chi connectivity index (χ0n) is 12.0. The molecule has 1 aromatic heterocycles. The molecule has 0 aliphatic carbocycles. The van der Waals surface area contributed by atoms with Crippen LogP contribution in [0.3, 0.4) is 0 Å². The lowest BCUT2D eigenvalue weighted by Crippen LogP contribution is -2.17. The van der Waals surface area contributed by atoms with Crippen molar-refractivity contribution in [2.45, 2.75) is 65.2 Å². The summed E-state index contributed by atoms with van der Waals surface area (Å²) in [7, 11) is 2.01. The number of rotatable bonds is 5. The fourth-order valence-electron chi connectivity index (χ4n) is 2.14. The fraction of sp³-hybridized carbons (Fsp3) is 0.786. The molecule has 0 amide bonds. The van der Waals surface area contributed by atoms with Gasteiger partial charge in [-0.25, -0.2) is 4.98 Å². The molecule has 0 radical (unpaired) electrons. The van der Waals surface area contributed by atoms with Gasteiger partial charge in [0.05, 0.1) is 5.69 Å². The molecule has 0 unspecified atom stereocenters. The molecule has 0 aromatic carbocycles. The Morgan fingerprint density at radius 2 is 1.82 bits per heavy atom. The Kier molecular flexibility index (Phi) is 4.61. The Morgan fingerprint density at radius 1 is 1.18 bits per heavy atom. The Morgan fingerprint density at radius 3 is 2.29 bits per heavy atom. The number of aromatic nitrogens is 2. The van der Waals surface area contributed by atoms with Gasteiger partial charge in [0.2, 0.25) is 0 Å². The minimum Gasteiger partial charge on any atom is -0.384 e. The van der Waals surface area contributed by atoms with Gasteiger partial charge in [0.25, 0.3) is 0 Å². The van der Waals surface area contributed by atoms with Gasteiger partial charge in [-0.3, -0.25) is 0 Å². The average Bonchev–Trinajstić information content (AvgIpc) is 2.51. The van der Waals surface area contributed by atoms with Gasteiger partial charge in [0.1, 0.15) is 11.6 Å². The summed E-state index contributed by atoms with van der Waals surface area (Å²) in [4.78, 5) is 4.72. The SMILES string of the molecule is CCCCCCc1nc(C(C)(C)C)n(C)c1N. The number of anilines is 1. The molecule has 1 rings (SSSR count). The smallest absolute Gasteiger partial charge is 0.126 e. The van der Waals surface area contributed by atoms with Crippen LogP contribution < -0.4 is 5.73 Å². The van der Waals surface area contributed by atoms with Crippen molar-refractivity contribution in [2.24, 2.45) is 7.05 Å². The van der Waals surface area contributed by atoms with E-state index in [1.54, 1.807) is 0 Å². The molecule has 0 aliphatic heterocycles. The number of nitrogens with two attached hydrogens (primary N) is 1. The van der Waals surface area contributed by atoms with Crippen molar-refractivity contribution in [3.8, 4) is 0 Å². The third-order valence-electron chi connectivity index (χ3n) is 3.15. The number of unbranched alkanes of at least 4 members (excludes halogenated alkanes) is 3. The quantitative estimate of drug-likeness (QED) is 0.797. The normalized spacial score (nSPS) is 12.1. The summed E-state index contributed by atoms with van der Waals surface area (Å²) in [6, 6.07) is 0. The molecular weight excluding hydrogens is 210 g/mol. The van der Waals surface area contributed by atoms with Gasteiger partial charge in [0.15, 0.2) is 0 Å². The van der Waals surface area contributed by atoms with E-state index < -0.39 is 0 Å². The van der Waals surface area contributed by atoms with Gasteiger partial charge in [-0.05, 0) is 12.8 Å². The van der Waals surface area contributed by atoms with Gasteiger partial charge in [-0.15, -0.1) is 0 Å². The molecule has 0 atom stereocenters. The second-order valence-corrected chi connectivity index (χ2v) is 5.89. The fourth-order valence-corrected chi connectivity index (χ4v) is 2.14. The van der Waals surface area contributed by atoms with Gasteiger partial charge >= 0.3 is 0 Å². The summed E-state index contributed by atoms with van der Waals surface area (Å²) in [6.07, 6.45) is 6.05. The van der Waals surface area contributed by atoms with Crippen LogP contribution in [0.5, 0.6) is 0 Å². The number of aryl methyl sites for hydroxylation is 1. The summed E-state index contributed by atoms with van der Waals surface area (Å²) < 4.78 is 2.04. The van der Waals surface area contributed by atoms with Crippen LogP contribution in [0.15, 0.2) is 0 Å². The van der Waals surface area contributed by atoms with Crippen LogP contribution in [0, 0.1) is 0 Å². The first-order valence-corrected chi connectivity index (χ1v) is 6.69. The standard InChI is InChI=1S/C14H27N3/c1-6-7-8-9-10-11-12(15)17(5)13(16-11)14(2,3)4/h6-10,15H2,1-5H3. The largest absolute Gasteiger partial charge is 0.384 e. The van der Waals surface area contributed by atoms with Crippen molar-refractivity contribution >= 4 is 5.82 Å². The Balaban J connectivity index is 2.74. The number of hydrogen-bond acceptors (Lipinski definition) is 2. The van der Waals surface area contributed by atoms with Crippen LogP contribution in [0.1, 0.15) is 64.9 Å². The van der Waals surface area contributed by atoms with Crippen molar-refractivity contribution in [1.82, 2.24) is 9.55 Å². The van der Waals surface area contributed by atoms with E-state index in [4.69, 9.17) is 10.7 Å². The topological polar surface area (TPSA) is 43.8 Å². The molecule has 1 aromatic rings. The maximum absolute atomic E-state index is 6.12. The molecule has 0 spiro atoms. The summed E-state index contributed by atoms with van der Waals surface area (Å²) >= 11 is 0. The third-order valence-corrected chi connectivity index (χ3v) is 3.15. The first-order chi connectivity index (χ1) is 7.88. The summed E-state index contributed by atoms with van der Waals surface area (Å²) in [5, 5.41) is 0. The van der Waals surface area contributed by atoms with Crippen molar-refractivity contribution in [3.63, 3.8) is 0 Å². The van der Waals surface area contributed by atoms with Crippen LogP contribution in [0.4, 0.5) is 5.82 Å². The van der Waals surface area contributed by atoms with E-state index in [0.29, 0.717) is 0 Å². The van der Waals surface area contributed by atoms with E-state index in [0.717, 1.165) is 23.8 Å². The predicted molar refractivity (Wildman–Crippen MR) is 74.2 cm³/mol. The summed E-state index contributed by atoms with van der Waals surface area (Å²) in [5.74, 6) is 1.92. The molecule has 0 aliphatic rings. The molecule has 98 valence electrons. The van der Waals surface area contributed by atoms with Gasteiger partial charge in [0, 0.05) is 12.5 Å². The minimum absolute atomic E-state index is 0.0601. The maximum Gasteiger partial charge on any atom is 0.126 e. The molecule has 3 nitrogen and oxygen atoms in total. The lowest BCUT2D eigenvalue weighted by molar-refractivity contribution is 0.523. The van der Waals surface area contributed by atoms with E-state index in [1.807, 2.05) is 11.6 Å². The molecule has 0 saturated heterocycles. The molecule has 0 fully saturated rings. The predicted octanol–water partition coefficient (Wildman–Crippen LogP) is 3.42. The lowest BCUT2D eigenvalue weighted by Gasteiger charge is -2.17. The molecule has 17 heavy (non-hydrogen) atoms. The van der Waals surface area contributed by atoms with Crippen LogP contribution in [0.2, 0.25) is 0 Å². The third kappa shape index (κ3) is 3.48. The zero-order valence-corrected chi connectivity index (χ0v) is 12.0. The van der Waals surface area contributed by atoms with Crippen molar-refractivity contribution in [2.75, 3.05) is 5.73 Å². The first-order valence-electron chi connectivity index (χ1n) is 6.69. The van der Waals surface area contributed by atoms with Crippen LogP contribution in [0.25, 0.3) is 0 Å². The number of nitrogen functional groups attached to an aromatic ring is 1. The van der Waals surface area contributed by atoms with E-state index in [9.17, 15) is 0 Å². The summed E-state index contributed by atoms with van der Waals surface area (Å²) in [5.41, 5.74) is 7.25.